The lowest BCUT2D eigenvalue weighted by Crippen LogP contribution is -2.39. The number of ether oxygens (including phenoxy) is 2. The van der Waals surface area contributed by atoms with E-state index in [1.807, 2.05) is 39.0 Å². The molecule has 132 valence electrons. The number of carbonyl (C=O) groups excluding carboxylic acids is 2. The number of hydrogen-bond donors (Lipinski definition) is 1. The molecule has 0 bridgehead atoms. The van der Waals surface area contributed by atoms with E-state index < -0.39 is 0 Å². The van der Waals surface area contributed by atoms with Gasteiger partial charge in [-0.1, -0.05) is 6.07 Å². The van der Waals surface area contributed by atoms with E-state index in [-0.39, 0.29) is 24.4 Å². The maximum atomic E-state index is 12.1. The third kappa shape index (κ3) is 4.80. The summed E-state index contributed by atoms with van der Waals surface area (Å²) in [5.41, 5.74) is 0.928. The summed E-state index contributed by atoms with van der Waals surface area (Å²) in [7, 11) is 0. The summed E-state index contributed by atoms with van der Waals surface area (Å²) in [5, 5.41) is 2.93. The molecule has 1 aromatic rings. The van der Waals surface area contributed by atoms with E-state index in [0.717, 1.165) is 5.56 Å². The third-order valence-electron chi connectivity index (χ3n) is 3.60. The van der Waals surface area contributed by atoms with E-state index >= 15 is 0 Å². The number of nitrogens with one attached hydrogen (secondary N) is 1. The fourth-order valence-electron chi connectivity index (χ4n) is 2.42. The van der Waals surface area contributed by atoms with Crippen LogP contribution >= 0.6 is 11.8 Å². The van der Waals surface area contributed by atoms with Gasteiger partial charge in [0.2, 0.25) is 11.8 Å². The molecule has 1 N–H and O–H groups in total. The van der Waals surface area contributed by atoms with Crippen molar-refractivity contribution in [2.24, 2.45) is 0 Å². The first-order valence-electron chi connectivity index (χ1n) is 8.09. The van der Waals surface area contributed by atoms with Crippen molar-refractivity contribution in [3.8, 4) is 11.5 Å². The fraction of sp³-hybridized carbons (Fsp3) is 0.529. The van der Waals surface area contributed by atoms with Crippen molar-refractivity contribution in [3.05, 3.63) is 23.8 Å². The van der Waals surface area contributed by atoms with Crippen molar-refractivity contribution in [1.29, 1.82) is 0 Å². The van der Waals surface area contributed by atoms with Crippen molar-refractivity contribution >= 4 is 23.6 Å². The zero-order valence-electron chi connectivity index (χ0n) is 14.3. The smallest absolute Gasteiger partial charge is 0.240 e. The second kappa shape index (κ2) is 8.82. The van der Waals surface area contributed by atoms with E-state index in [2.05, 4.69) is 5.32 Å². The van der Waals surface area contributed by atoms with Crippen LogP contribution in [0.4, 0.5) is 0 Å². The number of carbonyl (C=O) groups is 2. The number of nitrogens with zero attached hydrogens (tertiary/aromatic N) is 1. The van der Waals surface area contributed by atoms with Gasteiger partial charge in [-0.25, -0.2) is 0 Å². The normalized spacial score (nSPS) is 15.3. The Labute approximate surface area is 146 Å². The Kier molecular flexibility index (Phi) is 6.78. The molecule has 1 aliphatic heterocycles. The maximum absolute atomic E-state index is 12.1. The van der Waals surface area contributed by atoms with E-state index in [4.69, 9.17) is 9.47 Å². The zero-order valence-corrected chi connectivity index (χ0v) is 15.1. The SMILES string of the molecule is CCOc1ccc([C@@H](C)NC(=O)CN2CSCC2=O)cc1OCC. The third-order valence-corrected chi connectivity index (χ3v) is 4.55. The van der Waals surface area contributed by atoms with E-state index in [0.29, 0.717) is 36.3 Å². The summed E-state index contributed by atoms with van der Waals surface area (Å²) >= 11 is 1.53. The molecule has 0 unspecified atom stereocenters. The van der Waals surface area contributed by atoms with Crippen LogP contribution in [0.5, 0.6) is 11.5 Å². The van der Waals surface area contributed by atoms with Crippen molar-refractivity contribution in [2.75, 3.05) is 31.4 Å². The van der Waals surface area contributed by atoms with E-state index in [1.165, 1.54) is 11.8 Å². The highest BCUT2D eigenvalue weighted by Gasteiger charge is 2.23. The average Bonchev–Trinajstić information content (AvgIpc) is 2.94. The second-order valence-corrected chi connectivity index (χ2v) is 6.39. The number of hydrogen-bond acceptors (Lipinski definition) is 5. The molecule has 7 heteroatoms. The Bertz CT molecular complexity index is 594. The quantitative estimate of drug-likeness (QED) is 0.777. The molecule has 2 amide bonds. The van der Waals surface area contributed by atoms with Gasteiger partial charge in [0.25, 0.3) is 0 Å². The Hall–Kier alpha value is -1.89. The predicted molar refractivity (Wildman–Crippen MR) is 94.4 cm³/mol. The van der Waals surface area contributed by atoms with Crippen LogP contribution < -0.4 is 14.8 Å². The van der Waals surface area contributed by atoms with E-state index in [9.17, 15) is 9.59 Å². The van der Waals surface area contributed by atoms with Crippen molar-refractivity contribution in [3.63, 3.8) is 0 Å². The monoisotopic (exact) mass is 352 g/mol. The minimum absolute atomic E-state index is 0.0162. The molecule has 0 aliphatic carbocycles. The molecule has 6 nitrogen and oxygen atoms in total. The van der Waals surface area contributed by atoms with Gasteiger partial charge in [0.05, 0.1) is 30.9 Å². The molecular formula is C17H24N2O4S. The molecule has 1 atom stereocenters. The molecule has 0 radical (unpaired) electrons. The van der Waals surface area contributed by atoms with Gasteiger partial charge in [-0.05, 0) is 38.5 Å². The lowest BCUT2D eigenvalue weighted by atomic mass is 10.1. The highest BCUT2D eigenvalue weighted by Crippen LogP contribution is 2.30. The van der Waals surface area contributed by atoms with Crippen LogP contribution in [0.1, 0.15) is 32.4 Å². The topological polar surface area (TPSA) is 67.9 Å². The van der Waals surface area contributed by atoms with Crippen LogP contribution in [-0.2, 0) is 9.59 Å². The van der Waals surface area contributed by atoms with Gasteiger partial charge >= 0.3 is 0 Å². The van der Waals surface area contributed by atoms with Gasteiger partial charge < -0.3 is 19.7 Å². The van der Waals surface area contributed by atoms with Crippen LogP contribution in [-0.4, -0.2) is 48.1 Å². The van der Waals surface area contributed by atoms with E-state index in [1.54, 1.807) is 4.90 Å². The highest BCUT2D eigenvalue weighted by molar-refractivity contribution is 8.00. The maximum Gasteiger partial charge on any atom is 0.240 e. The number of thioether (sulfide) groups is 1. The van der Waals surface area contributed by atoms with Gasteiger partial charge in [-0.2, -0.15) is 0 Å². The van der Waals surface area contributed by atoms with Crippen molar-refractivity contribution in [1.82, 2.24) is 10.2 Å². The van der Waals surface area contributed by atoms with Crippen LogP contribution in [0.15, 0.2) is 18.2 Å². The van der Waals surface area contributed by atoms with Crippen LogP contribution in [0.25, 0.3) is 0 Å². The Balaban J connectivity index is 2.00. The number of amides is 2. The summed E-state index contributed by atoms with van der Waals surface area (Å²) in [6.45, 7) is 6.95. The van der Waals surface area contributed by atoms with Gasteiger partial charge in [-0.15, -0.1) is 11.8 Å². The fourth-order valence-corrected chi connectivity index (χ4v) is 3.33. The zero-order chi connectivity index (χ0) is 17.5. The molecule has 1 fully saturated rings. The lowest BCUT2D eigenvalue weighted by Gasteiger charge is -2.19. The molecule has 0 aromatic heterocycles. The molecule has 1 aliphatic rings. The summed E-state index contributed by atoms with van der Waals surface area (Å²) in [4.78, 5) is 25.3. The minimum Gasteiger partial charge on any atom is -0.490 e. The van der Waals surface area contributed by atoms with Crippen LogP contribution in [0.2, 0.25) is 0 Å². The van der Waals surface area contributed by atoms with Gasteiger partial charge in [-0.3, -0.25) is 9.59 Å². The molecule has 24 heavy (non-hydrogen) atoms. The standard InChI is InChI=1S/C17H24N2O4S/c1-4-22-14-7-6-13(8-15(14)23-5-2)12(3)18-16(20)9-19-11-24-10-17(19)21/h6-8,12H,4-5,9-11H2,1-3H3,(H,18,20)/t12-/m1/s1. The first kappa shape index (κ1) is 18.4. The van der Waals surface area contributed by atoms with Crippen molar-refractivity contribution < 1.29 is 19.1 Å². The second-order valence-electron chi connectivity index (χ2n) is 5.43. The molecule has 2 rings (SSSR count). The predicted octanol–water partition coefficient (Wildman–Crippen LogP) is 2.19. The molecule has 0 spiro atoms. The summed E-state index contributed by atoms with van der Waals surface area (Å²) in [5.74, 6) is 2.26. The Morgan fingerprint density at radius 3 is 2.62 bits per heavy atom. The van der Waals surface area contributed by atoms with Crippen molar-refractivity contribution in [2.45, 2.75) is 26.8 Å². The highest BCUT2D eigenvalue weighted by atomic mass is 32.2. The average molecular weight is 352 g/mol. The van der Waals surface area contributed by atoms with Gasteiger partial charge in [0.15, 0.2) is 11.5 Å². The summed E-state index contributed by atoms with van der Waals surface area (Å²) in [6.07, 6.45) is 0. The largest absolute Gasteiger partial charge is 0.490 e. The van der Waals surface area contributed by atoms with Crippen LogP contribution in [0.3, 0.4) is 0 Å². The molecule has 0 saturated carbocycles. The number of benzene rings is 1. The summed E-state index contributed by atoms with van der Waals surface area (Å²) < 4.78 is 11.2. The summed E-state index contributed by atoms with van der Waals surface area (Å²) in [6, 6.07) is 5.47. The Morgan fingerprint density at radius 2 is 2.00 bits per heavy atom. The molecule has 1 saturated heterocycles. The van der Waals surface area contributed by atoms with Gasteiger partial charge in [0, 0.05) is 0 Å². The minimum atomic E-state index is -0.183. The molecule has 1 aromatic carbocycles. The Morgan fingerprint density at radius 1 is 1.29 bits per heavy atom. The molecule has 1 heterocycles. The first-order chi connectivity index (χ1) is 11.5. The first-order valence-corrected chi connectivity index (χ1v) is 9.25. The lowest BCUT2D eigenvalue weighted by molar-refractivity contribution is -0.132. The number of rotatable bonds is 8. The van der Waals surface area contributed by atoms with Crippen LogP contribution in [0, 0.1) is 0 Å². The van der Waals surface area contributed by atoms with Gasteiger partial charge in [0.1, 0.15) is 6.54 Å². The molecular weight excluding hydrogens is 328 g/mol.